The highest BCUT2D eigenvalue weighted by molar-refractivity contribution is 5.85. The lowest BCUT2D eigenvalue weighted by molar-refractivity contribution is -0.138. The lowest BCUT2D eigenvalue weighted by Gasteiger charge is -2.17. The number of rotatable bonds is 5. The maximum atomic E-state index is 10.4. The van der Waals surface area contributed by atoms with Crippen LogP contribution in [0, 0.1) is 0 Å². The number of carboxylic acids is 1. The average Bonchev–Trinajstić information content (AvgIpc) is 2.15. The van der Waals surface area contributed by atoms with E-state index >= 15 is 0 Å². The summed E-state index contributed by atoms with van der Waals surface area (Å²) in [6, 6.07) is -0.789. The molecule has 98 valence electrons. The first-order valence-corrected chi connectivity index (χ1v) is 4.40. The van der Waals surface area contributed by atoms with E-state index in [1.807, 2.05) is 0 Å². The number of aliphatic imine (C=N–C) groups is 1. The van der Waals surface area contributed by atoms with Crippen LogP contribution in [0.1, 0.15) is 12.8 Å². The van der Waals surface area contributed by atoms with Crippen LogP contribution < -0.4 is 11.5 Å². The highest BCUT2D eigenvalue weighted by Gasteiger charge is 2.11. The SMILES string of the molecule is CN=C(N)N(C)CCC[C@H](N)C(=O)O.Cl.Cl. The van der Waals surface area contributed by atoms with E-state index in [0.717, 1.165) is 0 Å². The molecule has 0 rings (SSSR count). The Hall–Kier alpha value is -0.720. The van der Waals surface area contributed by atoms with E-state index in [1.54, 1.807) is 19.0 Å². The number of hydrogen-bond donors (Lipinski definition) is 3. The monoisotopic (exact) mass is 274 g/mol. The normalized spacial score (nSPS) is 12.1. The third-order valence-electron chi connectivity index (χ3n) is 1.95. The zero-order valence-electron chi connectivity index (χ0n) is 9.42. The van der Waals surface area contributed by atoms with E-state index in [1.165, 1.54) is 0 Å². The molecule has 0 aliphatic rings. The molecule has 0 radical (unpaired) electrons. The molecule has 0 unspecified atom stereocenters. The quantitative estimate of drug-likeness (QED) is 0.480. The van der Waals surface area contributed by atoms with Crippen LogP contribution in [-0.4, -0.2) is 48.6 Å². The standard InChI is InChI=1S/C8H18N4O2.2ClH/c1-11-8(10)12(2)5-3-4-6(9)7(13)14;;/h6H,3-5,9H2,1-2H3,(H2,10,11)(H,13,14);2*1H/t6-;;/m0../s1. The van der Waals surface area contributed by atoms with Gasteiger partial charge in [0.1, 0.15) is 6.04 Å². The summed E-state index contributed by atoms with van der Waals surface area (Å²) in [5.74, 6) is -0.529. The third kappa shape index (κ3) is 8.58. The van der Waals surface area contributed by atoms with E-state index in [4.69, 9.17) is 16.6 Å². The molecule has 0 saturated carbocycles. The molecule has 6 nitrogen and oxygen atoms in total. The Morgan fingerprint density at radius 3 is 2.38 bits per heavy atom. The number of halogens is 2. The summed E-state index contributed by atoms with van der Waals surface area (Å²) in [4.78, 5) is 15.9. The highest BCUT2D eigenvalue weighted by Crippen LogP contribution is 1.96. The first-order chi connectivity index (χ1) is 6.49. The van der Waals surface area contributed by atoms with Gasteiger partial charge < -0.3 is 21.5 Å². The van der Waals surface area contributed by atoms with Crippen LogP contribution in [0.4, 0.5) is 0 Å². The van der Waals surface area contributed by atoms with Crippen molar-refractivity contribution in [2.24, 2.45) is 16.5 Å². The van der Waals surface area contributed by atoms with Crippen molar-refractivity contribution in [2.45, 2.75) is 18.9 Å². The van der Waals surface area contributed by atoms with Crippen molar-refractivity contribution in [1.29, 1.82) is 0 Å². The zero-order valence-corrected chi connectivity index (χ0v) is 11.1. The smallest absolute Gasteiger partial charge is 0.320 e. The molecule has 0 aliphatic heterocycles. The van der Waals surface area contributed by atoms with Gasteiger partial charge in [-0.15, -0.1) is 24.8 Å². The Labute approximate surface area is 108 Å². The number of carboxylic acid groups (broad SMARTS) is 1. The molecular weight excluding hydrogens is 255 g/mol. The largest absolute Gasteiger partial charge is 0.480 e. The van der Waals surface area contributed by atoms with Gasteiger partial charge in [-0.05, 0) is 12.8 Å². The van der Waals surface area contributed by atoms with E-state index in [2.05, 4.69) is 4.99 Å². The van der Waals surface area contributed by atoms with E-state index < -0.39 is 12.0 Å². The lowest BCUT2D eigenvalue weighted by atomic mass is 10.1. The molecule has 0 fully saturated rings. The Bertz CT molecular complexity index is 226. The van der Waals surface area contributed by atoms with Crippen molar-refractivity contribution in [3.05, 3.63) is 0 Å². The zero-order chi connectivity index (χ0) is 11.1. The fraction of sp³-hybridized carbons (Fsp3) is 0.750. The number of carbonyl (C=O) groups is 1. The van der Waals surface area contributed by atoms with Crippen LogP contribution in [0.2, 0.25) is 0 Å². The molecule has 0 aliphatic carbocycles. The number of guanidine groups is 1. The predicted molar refractivity (Wildman–Crippen MR) is 69.5 cm³/mol. The topological polar surface area (TPSA) is 105 Å². The molecule has 0 amide bonds. The first kappa shape index (κ1) is 20.7. The van der Waals surface area contributed by atoms with E-state index in [-0.39, 0.29) is 24.8 Å². The second-order valence-corrected chi connectivity index (χ2v) is 3.09. The Balaban J connectivity index is -0.000000845. The first-order valence-electron chi connectivity index (χ1n) is 4.40. The van der Waals surface area contributed by atoms with E-state index in [9.17, 15) is 4.79 Å². The molecule has 0 aromatic heterocycles. The van der Waals surface area contributed by atoms with Crippen LogP contribution in [0.3, 0.4) is 0 Å². The number of hydrogen-bond acceptors (Lipinski definition) is 3. The van der Waals surface area contributed by atoms with Gasteiger partial charge in [0.25, 0.3) is 0 Å². The van der Waals surface area contributed by atoms with Gasteiger partial charge in [-0.3, -0.25) is 9.79 Å². The minimum atomic E-state index is -0.968. The Morgan fingerprint density at radius 2 is 2.00 bits per heavy atom. The fourth-order valence-electron chi connectivity index (χ4n) is 0.957. The van der Waals surface area contributed by atoms with Crippen LogP contribution in [0.15, 0.2) is 4.99 Å². The van der Waals surface area contributed by atoms with Crippen molar-refractivity contribution >= 4 is 36.7 Å². The van der Waals surface area contributed by atoms with Gasteiger partial charge in [-0.1, -0.05) is 0 Å². The molecule has 1 atom stereocenters. The third-order valence-corrected chi connectivity index (χ3v) is 1.95. The summed E-state index contributed by atoms with van der Waals surface area (Å²) in [5, 5.41) is 8.52. The van der Waals surface area contributed by atoms with Crippen molar-refractivity contribution in [1.82, 2.24) is 4.90 Å². The number of nitrogens with zero attached hydrogens (tertiary/aromatic N) is 2. The summed E-state index contributed by atoms with van der Waals surface area (Å²) in [6.07, 6.45) is 1.12. The minimum absolute atomic E-state index is 0. The minimum Gasteiger partial charge on any atom is -0.480 e. The van der Waals surface area contributed by atoms with Gasteiger partial charge in [0.2, 0.25) is 0 Å². The Morgan fingerprint density at radius 1 is 1.50 bits per heavy atom. The molecule has 16 heavy (non-hydrogen) atoms. The number of nitrogens with two attached hydrogens (primary N) is 2. The molecule has 5 N–H and O–H groups in total. The van der Waals surface area contributed by atoms with Gasteiger partial charge in [0, 0.05) is 20.6 Å². The van der Waals surface area contributed by atoms with Gasteiger partial charge in [-0.2, -0.15) is 0 Å². The van der Waals surface area contributed by atoms with Crippen LogP contribution >= 0.6 is 24.8 Å². The average molecular weight is 275 g/mol. The van der Waals surface area contributed by atoms with Gasteiger partial charge in [0.15, 0.2) is 5.96 Å². The summed E-state index contributed by atoms with van der Waals surface area (Å²) in [7, 11) is 3.41. The molecule has 0 spiro atoms. The second-order valence-electron chi connectivity index (χ2n) is 3.09. The predicted octanol–water partition coefficient (Wildman–Crippen LogP) is -0.102. The molecule has 8 heteroatoms. The lowest BCUT2D eigenvalue weighted by Crippen LogP contribution is -2.36. The summed E-state index contributed by atoms with van der Waals surface area (Å²) >= 11 is 0. The van der Waals surface area contributed by atoms with Crippen molar-refractivity contribution in [2.75, 3.05) is 20.6 Å². The molecular formula is C8H20Cl2N4O2. The highest BCUT2D eigenvalue weighted by atomic mass is 35.5. The van der Waals surface area contributed by atoms with Crippen molar-refractivity contribution < 1.29 is 9.90 Å². The van der Waals surface area contributed by atoms with Gasteiger partial charge >= 0.3 is 5.97 Å². The summed E-state index contributed by atoms with van der Waals surface area (Å²) < 4.78 is 0. The van der Waals surface area contributed by atoms with Gasteiger partial charge in [-0.25, -0.2) is 0 Å². The molecule has 0 saturated heterocycles. The molecule has 0 aromatic rings. The summed E-state index contributed by atoms with van der Waals surface area (Å²) in [5.41, 5.74) is 10.9. The molecule has 0 heterocycles. The second kappa shape index (κ2) is 10.8. The Kier molecular flexibility index (Phi) is 13.9. The fourth-order valence-corrected chi connectivity index (χ4v) is 0.957. The van der Waals surface area contributed by atoms with Crippen LogP contribution in [0.25, 0.3) is 0 Å². The van der Waals surface area contributed by atoms with Crippen LogP contribution in [0.5, 0.6) is 0 Å². The van der Waals surface area contributed by atoms with E-state index in [0.29, 0.717) is 25.3 Å². The molecule has 0 bridgehead atoms. The van der Waals surface area contributed by atoms with Crippen LogP contribution in [-0.2, 0) is 4.79 Å². The number of aliphatic carboxylic acids is 1. The maximum absolute atomic E-state index is 10.4. The molecule has 0 aromatic carbocycles. The maximum Gasteiger partial charge on any atom is 0.320 e. The van der Waals surface area contributed by atoms with Crippen molar-refractivity contribution in [3.8, 4) is 0 Å². The summed E-state index contributed by atoms with van der Waals surface area (Å²) in [6.45, 7) is 0.657. The van der Waals surface area contributed by atoms with Crippen molar-refractivity contribution in [3.63, 3.8) is 0 Å². The van der Waals surface area contributed by atoms with Gasteiger partial charge in [0.05, 0.1) is 0 Å².